The van der Waals surface area contributed by atoms with E-state index in [1.54, 1.807) is 0 Å². The first kappa shape index (κ1) is 14.2. The van der Waals surface area contributed by atoms with E-state index in [9.17, 15) is 18.0 Å². The highest BCUT2D eigenvalue weighted by Gasteiger charge is 2.55. The lowest BCUT2D eigenvalue weighted by Gasteiger charge is -2.37. The van der Waals surface area contributed by atoms with Crippen LogP contribution in [-0.4, -0.2) is 47.3 Å². The van der Waals surface area contributed by atoms with Gasteiger partial charge in [0.25, 0.3) is 5.91 Å². The van der Waals surface area contributed by atoms with Crippen LogP contribution in [0.3, 0.4) is 0 Å². The predicted octanol–water partition coefficient (Wildman–Crippen LogP) is 0.497. The van der Waals surface area contributed by atoms with Crippen LogP contribution in [0.2, 0.25) is 0 Å². The number of aliphatic hydroxyl groups is 1. The standard InChI is InChI=1S/C10H17F3N2O2/c1-9(14,10(11,12)13)8(17)15-4-2-3-7(5-15)6-16/h7,16H,2-6,14H2,1H3. The molecule has 1 rings (SSSR count). The van der Waals surface area contributed by atoms with Crippen LogP contribution in [0, 0.1) is 5.92 Å². The van der Waals surface area contributed by atoms with E-state index >= 15 is 0 Å². The fraction of sp³-hybridized carbons (Fsp3) is 0.900. The summed E-state index contributed by atoms with van der Waals surface area (Å²) in [4.78, 5) is 12.8. The van der Waals surface area contributed by atoms with Crippen molar-refractivity contribution in [2.75, 3.05) is 19.7 Å². The maximum atomic E-state index is 12.6. The number of amides is 1. The summed E-state index contributed by atoms with van der Waals surface area (Å²) in [6, 6.07) is 0. The van der Waals surface area contributed by atoms with Crippen molar-refractivity contribution in [1.29, 1.82) is 0 Å². The highest BCUT2D eigenvalue weighted by molar-refractivity contribution is 5.86. The molecule has 7 heteroatoms. The third kappa shape index (κ3) is 2.90. The van der Waals surface area contributed by atoms with Crippen molar-refractivity contribution in [3.63, 3.8) is 0 Å². The summed E-state index contributed by atoms with van der Waals surface area (Å²) in [5.41, 5.74) is 2.22. The summed E-state index contributed by atoms with van der Waals surface area (Å²) in [5, 5.41) is 8.96. The number of carbonyl (C=O) groups excluding carboxylic acids is 1. The number of piperidine rings is 1. The quantitative estimate of drug-likeness (QED) is 0.754. The van der Waals surface area contributed by atoms with Gasteiger partial charge in [-0.1, -0.05) is 0 Å². The second-order valence-corrected chi connectivity index (χ2v) is 4.64. The Kier molecular flexibility index (Phi) is 4.03. The van der Waals surface area contributed by atoms with E-state index in [-0.39, 0.29) is 25.6 Å². The summed E-state index contributed by atoms with van der Waals surface area (Å²) in [6.07, 6.45) is -3.46. The molecule has 3 N–H and O–H groups in total. The van der Waals surface area contributed by atoms with Crippen molar-refractivity contribution < 1.29 is 23.1 Å². The van der Waals surface area contributed by atoms with Crippen molar-refractivity contribution in [3.8, 4) is 0 Å². The topological polar surface area (TPSA) is 66.6 Å². The third-order valence-corrected chi connectivity index (χ3v) is 3.10. The van der Waals surface area contributed by atoms with Gasteiger partial charge in [-0.25, -0.2) is 0 Å². The molecule has 2 atom stereocenters. The largest absolute Gasteiger partial charge is 0.415 e. The first-order valence-electron chi connectivity index (χ1n) is 5.46. The molecule has 1 heterocycles. The molecule has 1 fully saturated rings. The number of nitrogens with zero attached hydrogens (tertiary/aromatic N) is 1. The monoisotopic (exact) mass is 254 g/mol. The van der Waals surface area contributed by atoms with Crippen LogP contribution in [-0.2, 0) is 4.79 Å². The van der Waals surface area contributed by atoms with Gasteiger partial charge >= 0.3 is 6.18 Å². The van der Waals surface area contributed by atoms with Gasteiger partial charge in [0.05, 0.1) is 0 Å². The van der Waals surface area contributed by atoms with Crippen LogP contribution in [0.1, 0.15) is 19.8 Å². The van der Waals surface area contributed by atoms with E-state index in [0.717, 1.165) is 4.90 Å². The average molecular weight is 254 g/mol. The molecule has 100 valence electrons. The average Bonchev–Trinajstić information content (AvgIpc) is 2.26. The zero-order valence-electron chi connectivity index (χ0n) is 9.63. The van der Waals surface area contributed by atoms with Crippen molar-refractivity contribution in [2.45, 2.75) is 31.5 Å². The van der Waals surface area contributed by atoms with Crippen LogP contribution in [0.15, 0.2) is 0 Å². The zero-order chi connectivity index (χ0) is 13.3. The molecule has 2 unspecified atom stereocenters. The van der Waals surface area contributed by atoms with Gasteiger partial charge in [0.1, 0.15) is 0 Å². The maximum Gasteiger partial charge on any atom is 0.415 e. The van der Waals surface area contributed by atoms with Gasteiger partial charge in [0.2, 0.25) is 0 Å². The third-order valence-electron chi connectivity index (χ3n) is 3.10. The molecule has 0 aromatic heterocycles. The van der Waals surface area contributed by atoms with Crippen LogP contribution in [0.4, 0.5) is 13.2 Å². The van der Waals surface area contributed by atoms with Crippen molar-refractivity contribution in [2.24, 2.45) is 11.7 Å². The lowest BCUT2D eigenvalue weighted by Crippen LogP contribution is -2.63. The molecule has 4 nitrogen and oxygen atoms in total. The number of rotatable bonds is 2. The van der Waals surface area contributed by atoms with Crippen molar-refractivity contribution >= 4 is 5.91 Å². The fourth-order valence-corrected chi connectivity index (χ4v) is 1.85. The molecule has 1 aliphatic rings. The summed E-state index contributed by atoms with van der Waals surface area (Å²) in [7, 11) is 0. The Morgan fingerprint density at radius 1 is 1.53 bits per heavy atom. The van der Waals surface area contributed by atoms with Gasteiger partial charge in [0.15, 0.2) is 5.54 Å². The van der Waals surface area contributed by atoms with Crippen LogP contribution < -0.4 is 5.73 Å². The number of carbonyl (C=O) groups is 1. The predicted molar refractivity (Wildman–Crippen MR) is 55.0 cm³/mol. The number of aliphatic hydroxyl groups excluding tert-OH is 1. The van der Waals surface area contributed by atoms with Gasteiger partial charge in [-0.15, -0.1) is 0 Å². The van der Waals surface area contributed by atoms with E-state index in [1.807, 2.05) is 0 Å². The highest BCUT2D eigenvalue weighted by Crippen LogP contribution is 2.30. The summed E-state index contributed by atoms with van der Waals surface area (Å²) in [6.45, 7) is 0.950. The van der Waals surface area contributed by atoms with E-state index in [0.29, 0.717) is 19.8 Å². The normalized spacial score (nSPS) is 25.5. The number of halogens is 3. The van der Waals surface area contributed by atoms with Crippen LogP contribution in [0.25, 0.3) is 0 Å². The first-order chi connectivity index (χ1) is 7.70. The Bertz CT molecular complexity index is 292. The Balaban J connectivity index is 2.76. The van der Waals surface area contributed by atoms with E-state index in [1.165, 1.54) is 0 Å². The SMILES string of the molecule is CC(N)(C(=O)N1CCCC(CO)C1)C(F)(F)F. The summed E-state index contributed by atoms with van der Waals surface area (Å²) in [5.74, 6) is -1.28. The van der Waals surface area contributed by atoms with Gasteiger partial charge in [0, 0.05) is 19.7 Å². The Morgan fingerprint density at radius 2 is 2.12 bits per heavy atom. The molecule has 0 aromatic carbocycles. The molecule has 1 amide bonds. The van der Waals surface area contributed by atoms with E-state index in [2.05, 4.69) is 0 Å². The molecule has 0 radical (unpaired) electrons. The van der Waals surface area contributed by atoms with Crippen LogP contribution >= 0.6 is 0 Å². The number of hydrogen-bond acceptors (Lipinski definition) is 3. The van der Waals surface area contributed by atoms with Crippen molar-refractivity contribution in [3.05, 3.63) is 0 Å². The molecule has 0 aromatic rings. The Morgan fingerprint density at radius 3 is 2.59 bits per heavy atom. The molecule has 17 heavy (non-hydrogen) atoms. The molecule has 1 aliphatic heterocycles. The molecular formula is C10H17F3N2O2. The Hall–Kier alpha value is -0.820. The molecule has 1 saturated heterocycles. The minimum absolute atomic E-state index is 0.128. The zero-order valence-corrected chi connectivity index (χ0v) is 9.63. The van der Waals surface area contributed by atoms with E-state index in [4.69, 9.17) is 10.8 Å². The minimum Gasteiger partial charge on any atom is -0.396 e. The molecule has 0 aliphatic carbocycles. The number of nitrogens with two attached hydrogens (primary N) is 1. The van der Waals surface area contributed by atoms with E-state index < -0.39 is 17.6 Å². The smallest absolute Gasteiger partial charge is 0.396 e. The number of alkyl halides is 3. The number of hydrogen-bond donors (Lipinski definition) is 2. The van der Waals surface area contributed by atoms with Gasteiger partial charge < -0.3 is 15.7 Å². The lowest BCUT2D eigenvalue weighted by molar-refractivity contribution is -0.194. The molecule has 0 bridgehead atoms. The molecule has 0 saturated carbocycles. The summed E-state index contributed by atoms with van der Waals surface area (Å²) < 4.78 is 37.8. The van der Waals surface area contributed by atoms with Crippen molar-refractivity contribution in [1.82, 2.24) is 4.90 Å². The summed E-state index contributed by atoms with van der Waals surface area (Å²) >= 11 is 0. The van der Waals surface area contributed by atoms with Gasteiger partial charge in [-0.3, -0.25) is 4.79 Å². The second kappa shape index (κ2) is 4.81. The lowest BCUT2D eigenvalue weighted by atomic mass is 9.95. The fourth-order valence-electron chi connectivity index (χ4n) is 1.85. The Labute approximate surface area is 97.6 Å². The van der Waals surface area contributed by atoms with Gasteiger partial charge in [-0.2, -0.15) is 13.2 Å². The second-order valence-electron chi connectivity index (χ2n) is 4.64. The van der Waals surface area contributed by atoms with Crippen LogP contribution in [0.5, 0.6) is 0 Å². The molecular weight excluding hydrogens is 237 g/mol. The molecule has 0 spiro atoms. The first-order valence-corrected chi connectivity index (χ1v) is 5.46. The maximum absolute atomic E-state index is 12.6. The van der Waals surface area contributed by atoms with Gasteiger partial charge in [-0.05, 0) is 25.7 Å². The minimum atomic E-state index is -4.77. The number of likely N-dealkylation sites (tertiary alicyclic amines) is 1. The highest BCUT2D eigenvalue weighted by atomic mass is 19.4.